The van der Waals surface area contributed by atoms with Crippen LogP contribution in [0.15, 0.2) is 41.3 Å². The molecule has 1 fully saturated rings. The second-order valence-electron chi connectivity index (χ2n) is 6.11. The van der Waals surface area contributed by atoms with Gasteiger partial charge in [0.15, 0.2) is 0 Å². The molecule has 0 aliphatic carbocycles. The van der Waals surface area contributed by atoms with Gasteiger partial charge in [-0.1, -0.05) is 17.7 Å². The number of aromatic amines is 1. The third-order valence-corrected chi connectivity index (χ3v) is 4.79. The summed E-state index contributed by atoms with van der Waals surface area (Å²) in [5.41, 5.74) is 3.77. The van der Waals surface area contributed by atoms with Gasteiger partial charge in [0.2, 0.25) is 5.56 Å². The summed E-state index contributed by atoms with van der Waals surface area (Å²) in [5.74, 6) is 0.505. The van der Waals surface area contributed by atoms with Crippen molar-refractivity contribution in [3.05, 3.63) is 68.6 Å². The smallest absolute Gasteiger partial charge is 0.248 e. The Balaban J connectivity index is 1.61. The third kappa shape index (κ3) is 3.60. The van der Waals surface area contributed by atoms with E-state index in [4.69, 9.17) is 11.6 Å². The zero-order valence-electron chi connectivity index (χ0n) is 12.8. The summed E-state index contributed by atoms with van der Waals surface area (Å²) in [7, 11) is 0. The van der Waals surface area contributed by atoms with Gasteiger partial charge in [0, 0.05) is 23.8 Å². The average Bonchev–Trinajstić information content (AvgIpc) is 2.51. The van der Waals surface area contributed by atoms with Gasteiger partial charge in [0.05, 0.1) is 0 Å². The van der Waals surface area contributed by atoms with Gasteiger partial charge in [-0.05, 0) is 73.7 Å². The predicted molar refractivity (Wildman–Crippen MR) is 90.5 cm³/mol. The maximum atomic E-state index is 11.4. The van der Waals surface area contributed by atoms with E-state index in [9.17, 15) is 4.79 Å². The molecule has 3 rings (SSSR count). The Bertz CT molecular complexity index is 702. The minimum Gasteiger partial charge on any atom is -0.329 e. The summed E-state index contributed by atoms with van der Waals surface area (Å²) >= 11 is 6.02. The van der Waals surface area contributed by atoms with Crippen LogP contribution in [0.3, 0.4) is 0 Å². The third-order valence-electron chi connectivity index (χ3n) is 4.56. The average molecular weight is 317 g/mol. The van der Waals surface area contributed by atoms with E-state index in [1.165, 1.54) is 16.7 Å². The molecule has 4 heteroatoms. The Labute approximate surface area is 135 Å². The molecular weight excluding hydrogens is 296 g/mol. The highest BCUT2D eigenvalue weighted by Crippen LogP contribution is 2.28. The fourth-order valence-corrected chi connectivity index (χ4v) is 3.44. The van der Waals surface area contributed by atoms with E-state index in [1.54, 1.807) is 12.3 Å². The molecule has 0 radical (unpaired) electrons. The summed E-state index contributed by atoms with van der Waals surface area (Å²) < 4.78 is 0. The van der Waals surface area contributed by atoms with E-state index in [-0.39, 0.29) is 5.56 Å². The molecule has 2 aromatic rings. The Morgan fingerprint density at radius 3 is 2.68 bits per heavy atom. The second-order valence-corrected chi connectivity index (χ2v) is 6.54. The Kier molecular flexibility index (Phi) is 4.65. The van der Waals surface area contributed by atoms with Crippen LogP contribution in [0.2, 0.25) is 5.02 Å². The fraction of sp³-hybridized carbons (Fsp3) is 0.389. The van der Waals surface area contributed by atoms with Gasteiger partial charge >= 0.3 is 0 Å². The van der Waals surface area contributed by atoms with Crippen molar-refractivity contribution in [3.8, 4) is 0 Å². The number of halogens is 1. The van der Waals surface area contributed by atoms with Crippen molar-refractivity contribution in [2.75, 3.05) is 13.1 Å². The standard InChI is InChI=1S/C18H21ClN2O/c1-13-10-17(19)3-2-16(13)12-21-8-5-14(6-9-21)15-4-7-20-18(22)11-15/h2-4,7,10-11,14H,5-6,8-9,12H2,1H3,(H,20,22). The Morgan fingerprint density at radius 1 is 1.23 bits per heavy atom. The van der Waals surface area contributed by atoms with Gasteiger partial charge in [-0.3, -0.25) is 9.69 Å². The minimum atomic E-state index is -0.00304. The number of rotatable bonds is 3. The number of benzene rings is 1. The molecule has 2 heterocycles. The van der Waals surface area contributed by atoms with Gasteiger partial charge < -0.3 is 4.98 Å². The number of hydrogen-bond donors (Lipinski definition) is 1. The van der Waals surface area contributed by atoms with E-state index >= 15 is 0 Å². The SMILES string of the molecule is Cc1cc(Cl)ccc1CN1CCC(c2cc[nH]c(=O)c2)CC1. The Hall–Kier alpha value is -1.58. The molecule has 1 N–H and O–H groups in total. The van der Waals surface area contributed by atoms with Crippen molar-refractivity contribution in [3.63, 3.8) is 0 Å². The number of pyridine rings is 1. The van der Waals surface area contributed by atoms with Gasteiger partial charge in [-0.25, -0.2) is 0 Å². The Morgan fingerprint density at radius 2 is 2.00 bits per heavy atom. The maximum absolute atomic E-state index is 11.4. The molecule has 22 heavy (non-hydrogen) atoms. The van der Waals surface area contributed by atoms with Crippen LogP contribution in [-0.2, 0) is 6.54 Å². The van der Waals surface area contributed by atoms with Crippen molar-refractivity contribution in [1.82, 2.24) is 9.88 Å². The summed E-state index contributed by atoms with van der Waals surface area (Å²) in [6.45, 7) is 5.23. The molecule has 116 valence electrons. The minimum absolute atomic E-state index is 0.00304. The first-order valence-corrected chi connectivity index (χ1v) is 8.15. The number of nitrogens with one attached hydrogen (secondary N) is 1. The number of nitrogens with zero attached hydrogens (tertiary/aromatic N) is 1. The van der Waals surface area contributed by atoms with Crippen molar-refractivity contribution >= 4 is 11.6 Å². The molecule has 3 nitrogen and oxygen atoms in total. The van der Waals surface area contributed by atoms with Gasteiger partial charge in [-0.15, -0.1) is 0 Å². The number of aromatic nitrogens is 1. The highest BCUT2D eigenvalue weighted by atomic mass is 35.5. The number of piperidine rings is 1. The molecule has 1 aromatic carbocycles. The molecule has 1 saturated heterocycles. The zero-order chi connectivity index (χ0) is 15.5. The highest BCUT2D eigenvalue weighted by molar-refractivity contribution is 6.30. The first-order chi connectivity index (χ1) is 10.6. The molecule has 0 bridgehead atoms. The van der Waals surface area contributed by atoms with Crippen molar-refractivity contribution in [2.45, 2.75) is 32.2 Å². The number of aryl methyl sites for hydroxylation is 1. The predicted octanol–water partition coefficient (Wildman–Crippen LogP) is 3.72. The molecule has 0 unspecified atom stereocenters. The lowest BCUT2D eigenvalue weighted by Crippen LogP contribution is -2.32. The molecule has 0 spiro atoms. The van der Waals surface area contributed by atoms with E-state index < -0.39 is 0 Å². The number of hydrogen-bond acceptors (Lipinski definition) is 2. The zero-order valence-corrected chi connectivity index (χ0v) is 13.6. The maximum Gasteiger partial charge on any atom is 0.248 e. The van der Waals surface area contributed by atoms with Gasteiger partial charge in [0.25, 0.3) is 0 Å². The highest BCUT2D eigenvalue weighted by Gasteiger charge is 2.21. The van der Waals surface area contributed by atoms with E-state index in [0.717, 1.165) is 37.5 Å². The van der Waals surface area contributed by atoms with Crippen LogP contribution in [0, 0.1) is 6.92 Å². The van der Waals surface area contributed by atoms with Crippen LogP contribution in [-0.4, -0.2) is 23.0 Å². The summed E-state index contributed by atoms with van der Waals surface area (Å²) in [4.78, 5) is 16.6. The van der Waals surface area contributed by atoms with Crippen molar-refractivity contribution in [1.29, 1.82) is 0 Å². The van der Waals surface area contributed by atoms with Crippen LogP contribution in [0.5, 0.6) is 0 Å². The largest absolute Gasteiger partial charge is 0.329 e. The molecule has 0 saturated carbocycles. The van der Waals surface area contributed by atoms with Crippen LogP contribution >= 0.6 is 11.6 Å². The van der Waals surface area contributed by atoms with Crippen molar-refractivity contribution < 1.29 is 0 Å². The molecule has 0 amide bonds. The monoisotopic (exact) mass is 316 g/mol. The molecule has 0 atom stereocenters. The lowest BCUT2D eigenvalue weighted by atomic mass is 9.90. The van der Waals surface area contributed by atoms with Crippen LogP contribution in [0.1, 0.15) is 35.4 Å². The molecule has 1 aromatic heterocycles. The quantitative estimate of drug-likeness (QED) is 0.937. The lowest BCUT2D eigenvalue weighted by Gasteiger charge is -2.32. The summed E-state index contributed by atoms with van der Waals surface area (Å²) in [5, 5.41) is 0.800. The number of H-pyrrole nitrogens is 1. The lowest BCUT2D eigenvalue weighted by molar-refractivity contribution is 0.204. The van der Waals surface area contributed by atoms with E-state index in [1.807, 2.05) is 18.2 Å². The first kappa shape index (κ1) is 15.3. The molecular formula is C18H21ClN2O. The topological polar surface area (TPSA) is 36.1 Å². The fourth-order valence-electron chi connectivity index (χ4n) is 3.22. The van der Waals surface area contributed by atoms with Crippen LogP contribution in [0.4, 0.5) is 0 Å². The molecule has 1 aliphatic rings. The summed E-state index contributed by atoms with van der Waals surface area (Å²) in [6, 6.07) is 9.89. The first-order valence-electron chi connectivity index (χ1n) is 7.78. The second kappa shape index (κ2) is 6.67. The summed E-state index contributed by atoms with van der Waals surface area (Å²) in [6.07, 6.45) is 3.97. The van der Waals surface area contributed by atoms with E-state index in [2.05, 4.69) is 22.9 Å². The van der Waals surface area contributed by atoms with E-state index in [0.29, 0.717) is 5.92 Å². The normalized spacial score (nSPS) is 16.8. The van der Waals surface area contributed by atoms with Crippen molar-refractivity contribution in [2.24, 2.45) is 0 Å². The molecule has 1 aliphatic heterocycles. The van der Waals surface area contributed by atoms with Crippen LogP contribution in [0.25, 0.3) is 0 Å². The van der Waals surface area contributed by atoms with Gasteiger partial charge in [0.1, 0.15) is 0 Å². The number of likely N-dealkylation sites (tertiary alicyclic amines) is 1. The van der Waals surface area contributed by atoms with Crippen LogP contribution < -0.4 is 5.56 Å². The van der Waals surface area contributed by atoms with Gasteiger partial charge in [-0.2, -0.15) is 0 Å².